The molecule has 0 atom stereocenters. The Bertz CT molecular complexity index is 1220. The van der Waals surface area contributed by atoms with Gasteiger partial charge in [-0.15, -0.1) is 0 Å². The molecule has 3 aromatic rings. The molecular weight excluding hydrogens is 458 g/mol. The summed E-state index contributed by atoms with van der Waals surface area (Å²) in [4.78, 5) is 14.7. The van der Waals surface area contributed by atoms with E-state index in [-0.39, 0.29) is 0 Å². The van der Waals surface area contributed by atoms with Gasteiger partial charge in [-0.25, -0.2) is 13.2 Å². The first-order chi connectivity index (χ1) is 13.8. The highest BCUT2D eigenvalue weighted by Gasteiger charge is 2.30. The number of benzene rings is 2. The quantitative estimate of drug-likeness (QED) is 0.574. The van der Waals surface area contributed by atoms with E-state index in [9.17, 15) is 13.2 Å². The van der Waals surface area contributed by atoms with Gasteiger partial charge in [-0.1, -0.05) is 33.6 Å². The number of nitrogens with zero attached hydrogens (tertiary/aromatic N) is 3. The molecule has 4 rings (SSSR count). The standard InChI is InChI=1S/C20H22BrN3O4S/c1-14-3-6-19(15(2)11-14)29(26,27)23-9-7-22(8-10-23)13-24-17-5-4-16(21)12-18(17)28-20(24)25/h3-6,11-12H,7-10,13H2,1-2H3. The smallest absolute Gasteiger partial charge is 0.408 e. The number of halogens is 1. The minimum absolute atomic E-state index is 0.360. The van der Waals surface area contributed by atoms with E-state index in [1.54, 1.807) is 16.7 Å². The lowest BCUT2D eigenvalue weighted by Crippen LogP contribution is -2.49. The van der Waals surface area contributed by atoms with E-state index >= 15 is 0 Å². The van der Waals surface area contributed by atoms with Gasteiger partial charge >= 0.3 is 5.76 Å². The lowest BCUT2D eigenvalue weighted by atomic mass is 10.2. The van der Waals surface area contributed by atoms with E-state index in [1.807, 2.05) is 38.1 Å². The van der Waals surface area contributed by atoms with Crippen molar-refractivity contribution in [2.45, 2.75) is 25.4 Å². The number of aromatic nitrogens is 1. The fourth-order valence-corrected chi connectivity index (χ4v) is 5.68. The van der Waals surface area contributed by atoms with Crippen molar-refractivity contribution in [2.24, 2.45) is 0 Å². The molecular formula is C20H22BrN3O4S. The van der Waals surface area contributed by atoms with Crippen LogP contribution in [-0.2, 0) is 16.7 Å². The van der Waals surface area contributed by atoms with Crippen LogP contribution in [0.2, 0.25) is 0 Å². The highest BCUT2D eigenvalue weighted by Crippen LogP contribution is 2.23. The third-order valence-electron chi connectivity index (χ3n) is 5.25. The number of oxazole rings is 1. The van der Waals surface area contributed by atoms with Gasteiger partial charge in [-0.05, 0) is 43.7 Å². The van der Waals surface area contributed by atoms with Crippen LogP contribution in [0.5, 0.6) is 0 Å². The molecule has 0 unspecified atom stereocenters. The first kappa shape index (κ1) is 20.3. The van der Waals surface area contributed by atoms with E-state index in [0.29, 0.717) is 43.3 Å². The largest absolute Gasteiger partial charge is 0.421 e. The van der Waals surface area contributed by atoms with Crippen LogP contribution in [0.1, 0.15) is 11.1 Å². The third kappa shape index (κ3) is 3.92. The van der Waals surface area contributed by atoms with Crippen molar-refractivity contribution in [3.8, 4) is 0 Å². The van der Waals surface area contributed by atoms with Crippen molar-refractivity contribution in [1.82, 2.24) is 13.8 Å². The van der Waals surface area contributed by atoms with Crippen LogP contribution < -0.4 is 5.76 Å². The molecule has 1 aliphatic heterocycles. The van der Waals surface area contributed by atoms with Gasteiger partial charge in [0, 0.05) is 30.7 Å². The number of piperazine rings is 1. The Morgan fingerprint density at radius 2 is 1.76 bits per heavy atom. The molecule has 0 saturated carbocycles. The summed E-state index contributed by atoms with van der Waals surface area (Å²) in [5.74, 6) is -0.413. The summed E-state index contributed by atoms with van der Waals surface area (Å²) >= 11 is 3.37. The van der Waals surface area contributed by atoms with Crippen molar-refractivity contribution in [3.05, 3.63) is 62.5 Å². The summed E-state index contributed by atoms with van der Waals surface area (Å²) in [6.45, 7) is 5.98. The van der Waals surface area contributed by atoms with E-state index < -0.39 is 15.8 Å². The fraction of sp³-hybridized carbons (Fsp3) is 0.350. The Labute approximate surface area is 177 Å². The molecule has 2 heterocycles. The van der Waals surface area contributed by atoms with Crippen LogP contribution in [0.15, 0.2) is 55.0 Å². The number of hydrogen-bond acceptors (Lipinski definition) is 5. The summed E-state index contributed by atoms with van der Waals surface area (Å²) in [6, 6.07) is 10.9. The number of fused-ring (bicyclic) bond motifs is 1. The van der Waals surface area contributed by atoms with Crippen LogP contribution in [0, 0.1) is 13.8 Å². The summed E-state index contributed by atoms with van der Waals surface area (Å²) in [5.41, 5.74) is 3.05. The molecule has 29 heavy (non-hydrogen) atoms. The predicted molar refractivity (Wildman–Crippen MR) is 114 cm³/mol. The molecule has 0 bridgehead atoms. The minimum Gasteiger partial charge on any atom is -0.408 e. The van der Waals surface area contributed by atoms with Crippen molar-refractivity contribution in [1.29, 1.82) is 0 Å². The van der Waals surface area contributed by atoms with Crippen LogP contribution in [0.25, 0.3) is 11.1 Å². The van der Waals surface area contributed by atoms with E-state index in [1.165, 1.54) is 4.31 Å². The Morgan fingerprint density at radius 1 is 1.03 bits per heavy atom. The van der Waals surface area contributed by atoms with Gasteiger partial charge in [-0.3, -0.25) is 9.47 Å². The molecule has 2 aromatic carbocycles. The molecule has 154 valence electrons. The van der Waals surface area contributed by atoms with Crippen molar-refractivity contribution in [2.75, 3.05) is 26.2 Å². The van der Waals surface area contributed by atoms with E-state index in [0.717, 1.165) is 21.1 Å². The molecule has 0 N–H and O–H groups in total. The van der Waals surface area contributed by atoms with Gasteiger partial charge in [0.1, 0.15) is 0 Å². The van der Waals surface area contributed by atoms with Crippen LogP contribution >= 0.6 is 15.9 Å². The zero-order chi connectivity index (χ0) is 20.8. The second-order valence-corrected chi connectivity index (χ2v) is 10.2. The number of hydrogen-bond donors (Lipinski definition) is 0. The zero-order valence-corrected chi connectivity index (χ0v) is 18.7. The molecule has 1 aliphatic rings. The highest BCUT2D eigenvalue weighted by atomic mass is 79.9. The molecule has 1 aromatic heterocycles. The Balaban J connectivity index is 1.49. The van der Waals surface area contributed by atoms with Gasteiger partial charge in [-0.2, -0.15) is 4.31 Å². The maximum atomic E-state index is 13.0. The van der Waals surface area contributed by atoms with Gasteiger partial charge in [0.05, 0.1) is 17.1 Å². The van der Waals surface area contributed by atoms with Crippen LogP contribution in [0.3, 0.4) is 0 Å². The lowest BCUT2D eigenvalue weighted by molar-refractivity contribution is 0.150. The van der Waals surface area contributed by atoms with Crippen molar-refractivity contribution < 1.29 is 12.8 Å². The minimum atomic E-state index is -3.53. The fourth-order valence-electron chi connectivity index (χ4n) is 3.71. The van der Waals surface area contributed by atoms with E-state index in [4.69, 9.17) is 4.42 Å². The monoisotopic (exact) mass is 479 g/mol. The molecule has 1 fully saturated rings. The number of aryl methyl sites for hydroxylation is 2. The molecule has 7 nitrogen and oxygen atoms in total. The average molecular weight is 480 g/mol. The summed E-state index contributed by atoms with van der Waals surface area (Å²) in [6.07, 6.45) is 0. The molecule has 0 amide bonds. The maximum absolute atomic E-state index is 13.0. The second-order valence-electron chi connectivity index (χ2n) is 7.34. The summed E-state index contributed by atoms with van der Waals surface area (Å²) in [5, 5.41) is 0. The molecule has 0 radical (unpaired) electrons. The lowest BCUT2D eigenvalue weighted by Gasteiger charge is -2.34. The summed E-state index contributed by atoms with van der Waals surface area (Å²) < 4.78 is 35.3. The average Bonchev–Trinajstić information content (AvgIpc) is 2.96. The Kier molecular flexibility index (Phi) is 5.41. The maximum Gasteiger partial charge on any atom is 0.421 e. The van der Waals surface area contributed by atoms with Crippen LogP contribution in [-0.4, -0.2) is 48.4 Å². The molecule has 0 aliphatic carbocycles. The van der Waals surface area contributed by atoms with Gasteiger partial charge in [0.25, 0.3) is 0 Å². The first-order valence-corrected chi connectivity index (χ1v) is 11.6. The molecule has 0 spiro atoms. The SMILES string of the molecule is Cc1ccc(S(=O)(=O)N2CCN(Cn3c(=O)oc4cc(Br)ccc43)CC2)c(C)c1. The Hall–Kier alpha value is -1.94. The molecule has 1 saturated heterocycles. The first-order valence-electron chi connectivity index (χ1n) is 9.34. The van der Waals surface area contributed by atoms with Gasteiger partial charge < -0.3 is 4.42 Å². The highest BCUT2D eigenvalue weighted by molar-refractivity contribution is 9.10. The van der Waals surface area contributed by atoms with Gasteiger partial charge in [0.15, 0.2) is 5.58 Å². The zero-order valence-electron chi connectivity index (χ0n) is 16.3. The third-order valence-corrected chi connectivity index (χ3v) is 7.80. The van der Waals surface area contributed by atoms with E-state index in [2.05, 4.69) is 20.8 Å². The second kappa shape index (κ2) is 7.71. The topological polar surface area (TPSA) is 75.8 Å². The normalized spacial score (nSPS) is 16.5. The molecule has 9 heteroatoms. The summed E-state index contributed by atoms with van der Waals surface area (Å²) in [7, 11) is -3.53. The van der Waals surface area contributed by atoms with Crippen molar-refractivity contribution in [3.63, 3.8) is 0 Å². The van der Waals surface area contributed by atoms with Gasteiger partial charge in [0.2, 0.25) is 10.0 Å². The number of rotatable bonds is 4. The predicted octanol–water partition coefficient (Wildman–Crippen LogP) is 2.94. The number of sulfonamides is 1. The van der Waals surface area contributed by atoms with Crippen molar-refractivity contribution >= 4 is 37.1 Å². The Morgan fingerprint density at radius 3 is 2.45 bits per heavy atom. The van der Waals surface area contributed by atoms with Crippen LogP contribution in [0.4, 0.5) is 0 Å².